The van der Waals surface area contributed by atoms with Crippen molar-refractivity contribution in [1.29, 1.82) is 0 Å². The van der Waals surface area contributed by atoms with E-state index in [0.29, 0.717) is 6.04 Å². The number of benzene rings is 1. The minimum absolute atomic E-state index is 0.534. The van der Waals surface area contributed by atoms with Crippen LogP contribution in [0.3, 0.4) is 0 Å². The van der Waals surface area contributed by atoms with Crippen LogP contribution in [0.1, 0.15) is 19.8 Å². The van der Waals surface area contributed by atoms with Crippen LogP contribution >= 0.6 is 15.9 Å². The van der Waals surface area contributed by atoms with Gasteiger partial charge >= 0.3 is 0 Å². The van der Waals surface area contributed by atoms with Gasteiger partial charge in [-0.3, -0.25) is 0 Å². The number of nitrogens with one attached hydrogen (secondary N) is 1. The zero-order valence-corrected chi connectivity index (χ0v) is 9.84. The van der Waals surface area contributed by atoms with Crippen LogP contribution in [0.2, 0.25) is 0 Å². The van der Waals surface area contributed by atoms with Gasteiger partial charge in [0.05, 0.1) is 11.4 Å². The number of hydrogen-bond donors (Lipinski definition) is 2. The Labute approximate surface area is 93.0 Å². The first-order valence-electron chi connectivity index (χ1n) is 4.98. The Hall–Kier alpha value is -0.700. The van der Waals surface area contributed by atoms with Gasteiger partial charge in [-0.1, -0.05) is 15.9 Å². The molecule has 1 aliphatic rings. The van der Waals surface area contributed by atoms with Gasteiger partial charge in [0.15, 0.2) is 0 Å². The molecule has 0 spiro atoms. The summed E-state index contributed by atoms with van der Waals surface area (Å²) in [6.07, 6.45) is 2.70. The zero-order valence-electron chi connectivity index (χ0n) is 8.26. The van der Waals surface area contributed by atoms with Crippen LogP contribution in [0.5, 0.6) is 0 Å². The van der Waals surface area contributed by atoms with Gasteiger partial charge < -0.3 is 11.1 Å². The lowest BCUT2D eigenvalue weighted by Gasteiger charge is -2.16. The van der Waals surface area contributed by atoms with E-state index in [1.807, 2.05) is 18.2 Å². The van der Waals surface area contributed by atoms with E-state index in [1.165, 1.54) is 12.8 Å². The predicted octanol–water partition coefficient (Wildman–Crippen LogP) is 3.24. The normalized spacial score (nSPS) is 17.9. The third-order valence-corrected chi connectivity index (χ3v) is 3.22. The molecule has 1 atom stereocenters. The molecule has 2 nitrogen and oxygen atoms in total. The van der Waals surface area contributed by atoms with Crippen molar-refractivity contribution in [2.24, 2.45) is 5.92 Å². The van der Waals surface area contributed by atoms with E-state index < -0.39 is 0 Å². The Morgan fingerprint density at radius 3 is 2.86 bits per heavy atom. The Morgan fingerprint density at radius 1 is 1.50 bits per heavy atom. The van der Waals surface area contributed by atoms with E-state index >= 15 is 0 Å². The van der Waals surface area contributed by atoms with Crippen LogP contribution in [-0.2, 0) is 0 Å². The Bertz CT molecular complexity index is 334. The molecular weight excluding hydrogens is 240 g/mol. The second-order valence-corrected chi connectivity index (χ2v) is 4.92. The molecule has 1 saturated carbocycles. The van der Waals surface area contributed by atoms with Gasteiger partial charge in [-0.2, -0.15) is 0 Å². The van der Waals surface area contributed by atoms with Crippen LogP contribution in [0, 0.1) is 5.92 Å². The highest BCUT2D eigenvalue weighted by molar-refractivity contribution is 9.10. The molecule has 3 N–H and O–H groups in total. The first-order valence-corrected chi connectivity index (χ1v) is 5.77. The molecule has 1 fully saturated rings. The van der Waals surface area contributed by atoms with Crippen molar-refractivity contribution >= 4 is 27.3 Å². The third-order valence-electron chi connectivity index (χ3n) is 2.73. The third kappa shape index (κ3) is 2.21. The van der Waals surface area contributed by atoms with Crippen LogP contribution in [0.4, 0.5) is 11.4 Å². The molecular formula is C11H15BrN2. The molecule has 1 aromatic carbocycles. The maximum Gasteiger partial charge on any atom is 0.0587 e. The largest absolute Gasteiger partial charge is 0.397 e. The molecule has 0 bridgehead atoms. The summed E-state index contributed by atoms with van der Waals surface area (Å²) in [4.78, 5) is 0. The minimum atomic E-state index is 0.534. The molecule has 0 aliphatic heterocycles. The lowest BCUT2D eigenvalue weighted by Crippen LogP contribution is -2.18. The summed E-state index contributed by atoms with van der Waals surface area (Å²) in [7, 11) is 0. The summed E-state index contributed by atoms with van der Waals surface area (Å²) in [5.41, 5.74) is 7.74. The van der Waals surface area contributed by atoms with Gasteiger partial charge in [-0.05, 0) is 43.9 Å². The molecule has 0 aromatic heterocycles. The average molecular weight is 255 g/mol. The number of nitrogen functional groups attached to an aromatic ring is 1. The highest BCUT2D eigenvalue weighted by atomic mass is 79.9. The van der Waals surface area contributed by atoms with E-state index in [0.717, 1.165) is 21.8 Å². The monoisotopic (exact) mass is 254 g/mol. The number of hydrogen-bond acceptors (Lipinski definition) is 2. The number of nitrogens with two attached hydrogens (primary N) is 1. The number of anilines is 2. The quantitative estimate of drug-likeness (QED) is 0.813. The van der Waals surface area contributed by atoms with Gasteiger partial charge in [0.25, 0.3) is 0 Å². The summed E-state index contributed by atoms with van der Waals surface area (Å²) in [5, 5.41) is 3.46. The highest BCUT2D eigenvalue weighted by Crippen LogP contribution is 2.35. The molecule has 3 heteroatoms. The summed E-state index contributed by atoms with van der Waals surface area (Å²) in [6.45, 7) is 2.22. The second-order valence-electron chi connectivity index (χ2n) is 4.00. The SMILES string of the molecule is CC(Nc1cc(Br)ccc1N)C1CC1. The van der Waals surface area contributed by atoms with Gasteiger partial charge in [0.1, 0.15) is 0 Å². The van der Waals surface area contributed by atoms with Gasteiger partial charge in [-0.25, -0.2) is 0 Å². The standard InChI is InChI=1S/C11H15BrN2/c1-7(8-2-3-8)14-11-6-9(12)4-5-10(11)13/h4-8,14H,2-3,13H2,1H3. The van der Waals surface area contributed by atoms with Crippen molar-refractivity contribution < 1.29 is 0 Å². The molecule has 14 heavy (non-hydrogen) atoms. The maximum atomic E-state index is 5.87. The first kappa shape index (κ1) is 9.84. The fourth-order valence-electron chi connectivity index (χ4n) is 1.61. The Morgan fingerprint density at radius 2 is 2.21 bits per heavy atom. The summed E-state index contributed by atoms with van der Waals surface area (Å²) in [6, 6.07) is 6.45. The van der Waals surface area contributed by atoms with Crippen molar-refractivity contribution in [1.82, 2.24) is 0 Å². The van der Waals surface area contributed by atoms with Crippen molar-refractivity contribution in [2.45, 2.75) is 25.8 Å². The highest BCUT2D eigenvalue weighted by Gasteiger charge is 2.27. The topological polar surface area (TPSA) is 38.0 Å². The second kappa shape index (κ2) is 3.81. The smallest absolute Gasteiger partial charge is 0.0587 e. The Kier molecular flexibility index (Phi) is 2.68. The molecule has 76 valence electrons. The minimum Gasteiger partial charge on any atom is -0.397 e. The average Bonchev–Trinajstić information content (AvgIpc) is 2.94. The van der Waals surface area contributed by atoms with Crippen LogP contribution in [0.15, 0.2) is 22.7 Å². The van der Waals surface area contributed by atoms with Crippen LogP contribution in [-0.4, -0.2) is 6.04 Å². The van der Waals surface area contributed by atoms with E-state index in [1.54, 1.807) is 0 Å². The van der Waals surface area contributed by atoms with E-state index in [4.69, 9.17) is 5.73 Å². The molecule has 2 rings (SSSR count). The van der Waals surface area contributed by atoms with E-state index in [9.17, 15) is 0 Å². The summed E-state index contributed by atoms with van der Waals surface area (Å²) in [5.74, 6) is 0.841. The maximum absolute atomic E-state index is 5.87. The van der Waals surface area contributed by atoms with Gasteiger partial charge in [0.2, 0.25) is 0 Å². The molecule has 0 amide bonds. The molecule has 1 unspecified atom stereocenters. The lowest BCUT2D eigenvalue weighted by atomic mass is 10.2. The number of rotatable bonds is 3. The van der Waals surface area contributed by atoms with Gasteiger partial charge in [0, 0.05) is 10.5 Å². The van der Waals surface area contributed by atoms with Crippen molar-refractivity contribution in [3.8, 4) is 0 Å². The number of halogens is 1. The first-order chi connectivity index (χ1) is 6.66. The zero-order chi connectivity index (χ0) is 10.1. The van der Waals surface area contributed by atoms with Crippen molar-refractivity contribution in [3.05, 3.63) is 22.7 Å². The molecule has 0 heterocycles. The summed E-state index contributed by atoms with van der Waals surface area (Å²) >= 11 is 3.44. The fraction of sp³-hybridized carbons (Fsp3) is 0.455. The fourth-order valence-corrected chi connectivity index (χ4v) is 1.97. The van der Waals surface area contributed by atoms with Crippen LogP contribution < -0.4 is 11.1 Å². The van der Waals surface area contributed by atoms with Crippen molar-refractivity contribution in [3.63, 3.8) is 0 Å². The van der Waals surface area contributed by atoms with Crippen molar-refractivity contribution in [2.75, 3.05) is 11.1 Å². The molecule has 0 radical (unpaired) electrons. The molecule has 1 aliphatic carbocycles. The Balaban J connectivity index is 2.10. The predicted molar refractivity (Wildman–Crippen MR) is 64.4 cm³/mol. The van der Waals surface area contributed by atoms with E-state index in [2.05, 4.69) is 28.2 Å². The lowest BCUT2D eigenvalue weighted by molar-refractivity contribution is 0.694. The summed E-state index contributed by atoms with van der Waals surface area (Å²) < 4.78 is 1.07. The molecule has 0 saturated heterocycles. The van der Waals surface area contributed by atoms with Crippen LogP contribution in [0.25, 0.3) is 0 Å². The molecule has 1 aromatic rings. The van der Waals surface area contributed by atoms with E-state index in [-0.39, 0.29) is 0 Å². The van der Waals surface area contributed by atoms with Gasteiger partial charge in [-0.15, -0.1) is 0 Å².